The first kappa shape index (κ1) is 23.4. The van der Waals surface area contributed by atoms with Crippen LogP contribution in [0.15, 0.2) is 47.4 Å². The van der Waals surface area contributed by atoms with E-state index in [1.165, 1.54) is 12.1 Å². The average Bonchev–Trinajstić information content (AvgIpc) is 2.65. The molecular weight excluding hydrogens is 406 g/mol. The second-order valence-electron chi connectivity index (χ2n) is 7.35. The van der Waals surface area contributed by atoms with E-state index >= 15 is 0 Å². The number of benzene rings is 2. The Labute approximate surface area is 177 Å². The first-order chi connectivity index (χ1) is 14.0. The van der Waals surface area contributed by atoms with E-state index in [0.29, 0.717) is 16.9 Å². The lowest BCUT2D eigenvalue weighted by Gasteiger charge is -2.13. The average molecular weight is 434 g/mol. The topological polar surface area (TPSA) is 114 Å². The van der Waals surface area contributed by atoms with Crippen molar-refractivity contribution in [2.75, 3.05) is 0 Å². The van der Waals surface area contributed by atoms with E-state index < -0.39 is 21.8 Å². The van der Waals surface area contributed by atoms with Crippen LogP contribution in [0.3, 0.4) is 0 Å². The molecule has 30 heavy (non-hydrogen) atoms. The molecule has 9 heteroatoms. The highest BCUT2D eigenvalue weighted by molar-refractivity contribution is 7.89. The van der Waals surface area contributed by atoms with Gasteiger partial charge in [0.05, 0.1) is 11.0 Å². The third-order valence-corrected chi connectivity index (χ3v) is 5.59. The molecule has 2 amide bonds. The SMILES string of the molecule is Cc1ccc(S(=O)(=O)NC(C)C)cc1C(=O)NNC(=O)c1ccc(OC(C)C)cc1. The van der Waals surface area contributed by atoms with Crippen molar-refractivity contribution in [2.24, 2.45) is 0 Å². The number of rotatable bonds is 7. The number of hydrazine groups is 1. The van der Waals surface area contributed by atoms with Crippen LogP contribution in [0.2, 0.25) is 0 Å². The van der Waals surface area contributed by atoms with Crippen LogP contribution in [0.25, 0.3) is 0 Å². The van der Waals surface area contributed by atoms with Crippen LogP contribution in [0.1, 0.15) is 54.0 Å². The van der Waals surface area contributed by atoms with E-state index in [2.05, 4.69) is 15.6 Å². The molecule has 0 saturated carbocycles. The van der Waals surface area contributed by atoms with Gasteiger partial charge in [-0.3, -0.25) is 20.4 Å². The minimum Gasteiger partial charge on any atom is -0.491 e. The lowest BCUT2D eigenvalue weighted by molar-refractivity contribution is 0.0846. The molecule has 8 nitrogen and oxygen atoms in total. The summed E-state index contributed by atoms with van der Waals surface area (Å²) in [5.41, 5.74) is 5.70. The minimum atomic E-state index is -3.75. The van der Waals surface area contributed by atoms with Gasteiger partial charge in [-0.1, -0.05) is 6.07 Å². The fourth-order valence-electron chi connectivity index (χ4n) is 2.60. The molecule has 0 bridgehead atoms. The molecule has 0 aliphatic heterocycles. The molecule has 2 aromatic carbocycles. The fourth-order valence-corrected chi connectivity index (χ4v) is 3.88. The Bertz CT molecular complexity index is 1020. The standard InChI is InChI=1S/C21H27N3O5S/c1-13(2)24-30(27,28)18-11-6-15(5)19(12-18)21(26)23-22-20(25)16-7-9-17(10-8-16)29-14(3)4/h6-14,24H,1-5H3,(H,22,25)(H,23,26). The van der Waals surface area contributed by atoms with E-state index in [1.807, 2.05) is 13.8 Å². The number of aryl methyl sites for hydroxylation is 1. The number of amides is 2. The van der Waals surface area contributed by atoms with Gasteiger partial charge in [0.1, 0.15) is 5.75 Å². The maximum atomic E-state index is 12.5. The van der Waals surface area contributed by atoms with Crippen molar-refractivity contribution in [1.29, 1.82) is 0 Å². The molecule has 0 aliphatic rings. The van der Waals surface area contributed by atoms with E-state index in [1.54, 1.807) is 51.1 Å². The van der Waals surface area contributed by atoms with Gasteiger partial charge in [-0.05, 0) is 76.6 Å². The predicted octanol–water partition coefficient (Wildman–Crippen LogP) is 2.54. The van der Waals surface area contributed by atoms with Gasteiger partial charge in [0.2, 0.25) is 10.0 Å². The Morgan fingerprint density at radius 3 is 2.07 bits per heavy atom. The molecule has 2 aromatic rings. The molecule has 0 aliphatic carbocycles. The Hall–Kier alpha value is -2.91. The molecule has 0 saturated heterocycles. The second kappa shape index (κ2) is 9.73. The molecule has 0 fully saturated rings. The van der Waals surface area contributed by atoms with Gasteiger partial charge in [-0.2, -0.15) is 0 Å². The van der Waals surface area contributed by atoms with E-state index in [-0.39, 0.29) is 22.6 Å². The van der Waals surface area contributed by atoms with Crippen molar-refractivity contribution in [3.05, 3.63) is 59.2 Å². The lowest BCUT2D eigenvalue weighted by atomic mass is 10.1. The largest absolute Gasteiger partial charge is 0.491 e. The maximum absolute atomic E-state index is 12.5. The fraction of sp³-hybridized carbons (Fsp3) is 0.333. The van der Waals surface area contributed by atoms with Gasteiger partial charge in [-0.25, -0.2) is 13.1 Å². The van der Waals surface area contributed by atoms with Crippen molar-refractivity contribution >= 4 is 21.8 Å². The van der Waals surface area contributed by atoms with Crippen molar-refractivity contribution in [3.63, 3.8) is 0 Å². The van der Waals surface area contributed by atoms with Crippen LogP contribution in [0.4, 0.5) is 0 Å². The van der Waals surface area contributed by atoms with Crippen LogP contribution in [0.5, 0.6) is 5.75 Å². The summed E-state index contributed by atoms with van der Waals surface area (Å²) < 4.78 is 32.7. The first-order valence-corrected chi connectivity index (χ1v) is 11.0. The summed E-state index contributed by atoms with van der Waals surface area (Å²) in [6.45, 7) is 8.89. The van der Waals surface area contributed by atoms with Gasteiger partial charge in [0.25, 0.3) is 11.8 Å². The van der Waals surface area contributed by atoms with Gasteiger partial charge in [-0.15, -0.1) is 0 Å². The molecule has 0 unspecified atom stereocenters. The molecule has 3 N–H and O–H groups in total. The third-order valence-electron chi connectivity index (χ3n) is 3.93. The van der Waals surface area contributed by atoms with Crippen molar-refractivity contribution < 1.29 is 22.7 Å². The number of nitrogens with one attached hydrogen (secondary N) is 3. The summed E-state index contributed by atoms with van der Waals surface area (Å²) in [5.74, 6) is -0.501. The van der Waals surface area contributed by atoms with Crippen molar-refractivity contribution in [3.8, 4) is 5.75 Å². The molecule has 0 radical (unpaired) electrons. The van der Waals surface area contributed by atoms with Gasteiger partial charge in [0, 0.05) is 17.2 Å². The summed E-state index contributed by atoms with van der Waals surface area (Å²) >= 11 is 0. The highest BCUT2D eigenvalue weighted by Gasteiger charge is 2.19. The molecule has 0 spiro atoms. The predicted molar refractivity (Wildman–Crippen MR) is 114 cm³/mol. The van der Waals surface area contributed by atoms with Crippen LogP contribution >= 0.6 is 0 Å². The molecule has 2 rings (SSSR count). The summed E-state index contributed by atoms with van der Waals surface area (Å²) in [6, 6.07) is 10.4. The summed E-state index contributed by atoms with van der Waals surface area (Å²) in [5, 5.41) is 0. The third kappa shape index (κ3) is 6.30. The molecule has 0 atom stereocenters. The highest BCUT2D eigenvalue weighted by Crippen LogP contribution is 2.16. The van der Waals surface area contributed by atoms with E-state index in [9.17, 15) is 18.0 Å². The Balaban J connectivity index is 2.09. The second-order valence-corrected chi connectivity index (χ2v) is 9.07. The molecule has 0 aromatic heterocycles. The van der Waals surface area contributed by atoms with Crippen LogP contribution < -0.4 is 20.3 Å². The summed E-state index contributed by atoms with van der Waals surface area (Å²) in [6.07, 6.45) is 0.0162. The highest BCUT2D eigenvalue weighted by atomic mass is 32.2. The number of carbonyl (C=O) groups excluding carboxylic acids is 2. The van der Waals surface area contributed by atoms with E-state index in [4.69, 9.17) is 4.74 Å². The Morgan fingerprint density at radius 2 is 1.50 bits per heavy atom. The van der Waals surface area contributed by atoms with E-state index in [0.717, 1.165) is 0 Å². The van der Waals surface area contributed by atoms with Crippen LogP contribution in [-0.2, 0) is 10.0 Å². The number of hydrogen-bond acceptors (Lipinski definition) is 5. The Kier molecular flexibility index (Phi) is 7.58. The monoisotopic (exact) mass is 433 g/mol. The smallest absolute Gasteiger partial charge is 0.270 e. The zero-order valence-corrected chi connectivity index (χ0v) is 18.5. The zero-order valence-electron chi connectivity index (χ0n) is 17.6. The number of ether oxygens (including phenoxy) is 1. The quantitative estimate of drug-likeness (QED) is 0.581. The molecule has 162 valence electrons. The van der Waals surface area contributed by atoms with Crippen LogP contribution in [-0.4, -0.2) is 32.4 Å². The summed E-state index contributed by atoms with van der Waals surface area (Å²) in [4.78, 5) is 24.8. The van der Waals surface area contributed by atoms with Crippen molar-refractivity contribution in [1.82, 2.24) is 15.6 Å². The van der Waals surface area contributed by atoms with Gasteiger partial charge < -0.3 is 4.74 Å². The minimum absolute atomic E-state index is 0.0162. The van der Waals surface area contributed by atoms with Gasteiger partial charge in [0.15, 0.2) is 0 Å². The maximum Gasteiger partial charge on any atom is 0.270 e. The lowest BCUT2D eigenvalue weighted by Crippen LogP contribution is -2.42. The Morgan fingerprint density at radius 1 is 0.900 bits per heavy atom. The first-order valence-electron chi connectivity index (χ1n) is 9.50. The number of carbonyl (C=O) groups is 2. The zero-order chi connectivity index (χ0) is 22.5. The van der Waals surface area contributed by atoms with Crippen molar-refractivity contribution in [2.45, 2.75) is 51.7 Å². The van der Waals surface area contributed by atoms with Crippen LogP contribution in [0, 0.1) is 6.92 Å². The summed E-state index contributed by atoms with van der Waals surface area (Å²) in [7, 11) is -3.75. The number of hydrogen-bond donors (Lipinski definition) is 3. The van der Waals surface area contributed by atoms with Gasteiger partial charge >= 0.3 is 0 Å². The molecule has 0 heterocycles. The number of sulfonamides is 1. The normalized spacial score (nSPS) is 11.4. The molecular formula is C21H27N3O5S.